The van der Waals surface area contributed by atoms with Crippen molar-refractivity contribution in [3.8, 4) is 11.3 Å². The number of H-pyrrole nitrogens is 1. The van der Waals surface area contributed by atoms with Crippen LogP contribution in [0.1, 0.15) is 16.7 Å². The molecule has 1 aromatic carbocycles. The second-order valence-corrected chi connectivity index (χ2v) is 4.98. The summed E-state index contributed by atoms with van der Waals surface area (Å²) in [5.41, 5.74) is 5.42. The molecule has 0 saturated carbocycles. The molecule has 0 radical (unpaired) electrons. The minimum Gasteiger partial charge on any atom is -0.319 e. The largest absolute Gasteiger partial charge is 0.319 e. The molecule has 0 aliphatic carbocycles. The first-order valence-corrected chi connectivity index (χ1v) is 6.54. The summed E-state index contributed by atoms with van der Waals surface area (Å²) >= 11 is 0. The Morgan fingerprint density at radius 2 is 2.00 bits per heavy atom. The standard InChI is InChI=1S/C15H21N3O/c1-10-5-6-12(9-11(10)2)14-13(7-8-16-3)15(19)18(4)17-14/h5-6,9,16-17H,7-8H2,1-4H3. The van der Waals surface area contributed by atoms with Crippen LogP contribution in [0.5, 0.6) is 0 Å². The third kappa shape index (κ3) is 2.63. The van der Waals surface area contributed by atoms with Gasteiger partial charge >= 0.3 is 0 Å². The maximum atomic E-state index is 12.1. The van der Waals surface area contributed by atoms with Gasteiger partial charge in [-0.05, 0) is 51.1 Å². The Balaban J connectivity index is 2.51. The molecule has 1 aromatic heterocycles. The molecule has 0 spiro atoms. The average Bonchev–Trinajstić information content (AvgIpc) is 2.67. The monoisotopic (exact) mass is 259 g/mol. The van der Waals surface area contributed by atoms with Crippen LogP contribution in [0.4, 0.5) is 0 Å². The van der Waals surface area contributed by atoms with Gasteiger partial charge in [0.2, 0.25) is 0 Å². The predicted molar refractivity (Wildman–Crippen MR) is 78.6 cm³/mol. The Hall–Kier alpha value is -1.81. The van der Waals surface area contributed by atoms with Gasteiger partial charge in [-0.25, -0.2) is 0 Å². The highest BCUT2D eigenvalue weighted by molar-refractivity contribution is 5.64. The summed E-state index contributed by atoms with van der Waals surface area (Å²) in [6.45, 7) is 4.98. The molecule has 0 fully saturated rings. The summed E-state index contributed by atoms with van der Waals surface area (Å²) in [5.74, 6) is 0. The molecule has 19 heavy (non-hydrogen) atoms. The van der Waals surface area contributed by atoms with Crippen molar-refractivity contribution in [2.75, 3.05) is 13.6 Å². The molecule has 0 aliphatic rings. The van der Waals surface area contributed by atoms with Gasteiger partial charge in [0.25, 0.3) is 5.56 Å². The number of aromatic nitrogens is 2. The minimum atomic E-state index is 0.0588. The van der Waals surface area contributed by atoms with Crippen molar-refractivity contribution in [3.05, 3.63) is 45.2 Å². The lowest BCUT2D eigenvalue weighted by atomic mass is 10.0. The first-order chi connectivity index (χ1) is 9.04. The first kappa shape index (κ1) is 13.6. The Morgan fingerprint density at radius 1 is 1.26 bits per heavy atom. The lowest BCUT2D eigenvalue weighted by Gasteiger charge is -2.06. The molecule has 0 amide bonds. The quantitative estimate of drug-likeness (QED) is 0.879. The van der Waals surface area contributed by atoms with Gasteiger partial charge in [0, 0.05) is 18.2 Å². The summed E-state index contributed by atoms with van der Waals surface area (Å²) < 4.78 is 1.55. The molecule has 0 saturated heterocycles. The minimum absolute atomic E-state index is 0.0588. The van der Waals surface area contributed by atoms with E-state index in [1.54, 1.807) is 11.7 Å². The zero-order chi connectivity index (χ0) is 14.0. The maximum Gasteiger partial charge on any atom is 0.270 e. The van der Waals surface area contributed by atoms with Gasteiger partial charge < -0.3 is 5.32 Å². The van der Waals surface area contributed by atoms with Gasteiger partial charge in [-0.2, -0.15) is 0 Å². The second kappa shape index (κ2) is 5.45. The van der Waals surface area contributed by atoms with E-state index < -0.39 is 0 Å². The summed E-state index contributed by atoms with van der Waals surface area (Å²) in [6.07, 6.45) is 0.731. The van der Waals surface area contributed by atoms with Crippen molar-refractivity contribution in [1.82, 2.24) is 15.1 Å². The zero-order valence-corrected chi connectivity index (χ0v) is 12.0. The van der Waals surface area contributed by atoms with Crippen LogP contribution < -0.4 is 10.9 Å². The SMILES string of the molecule is CNCCc1c(-c2ccc(C)c(C)c2)[nH]n(C)c1=O. The van der Waals surface area contributed by atoms with Gasteiger partial charge in [0.15, 0.2) is 0 Å². The topological polar surface area (TPSA) is 49.8 Å². The molecule has 2 N–H and O–H groups in total. The fraction of sp³-hybridized carbons (Fsp3) is 0.400. The third-order valence-corrected chi connectivity index (χ3v) is 3.56. The van der Waals surface area contributed by atoms with Crippen molar-refractivity contribution in [2.24, 2.45) is 7.05 Å². The van der Waals surface area contributed by atoms with Crippen LogP contribution >= 0.6 is 0 Å². The van der Waals surface area contributed by atoms with E-state index in [1.807, 2.05) is 7.05 Å². The van der Waals surface area contributed by atoms with E-state index in [2.05, 4.69) is 42.5 Å². The number of hydrogen-bond donors (Lipinski definition) is 2. The molecule has 0 unspecified atom stereocenters. The number of benzene rings is 1. The molecule has 4 heteroatoms. The lowest BCUT2D eigenvalue weighted by molar-refractivity contribution is 0.734. The lowest BCUT2D eigenvalue weighted by Crippen LogP contribution is -2.19. The molecule has 2 rings (SSSR count). The Bertz CT molecular complexity index is 637. The highest BCUT2D eigenvalue weighted by Gasteiger charge is 2.13. The number of aryl methyl sites for hydroxylation is 3. The Kier molecular flexibility index (Phi) is 3.90. The first-order valence-electron chi connectivity index (χ1n) is 6.54. The average molecular weight is 259 g/mol. The molecule has 1 heterocycles. The van der Waals surface area contributed by atoms with Crippen LogP contribution in [0.3, 0.4) is 0 Å². The van der Waals surface area contributed by atoms with E-state index in [4.69, 9.17) is 0 Å². The van der Waals surface area contributed by atoms with Crippen molar-refractivity contribution in [1.29, 1.82) is 0 Å². The summed E-state index contributed by atoms with van der Waals surface area (Å²) in [4.78, 5) is 12.1. The van der Waals surface area contributed by atoms with Crippen LogP contribution in [0.25, 0.3) is 11.3 Å². The van der Waals surface area contributed by atoms with Crippen LogP contribution in [0.15, 0.2) is 23.0 Å². The van der Waals surface area contributed by atoms with Crippen LogP contribution in [-0.4, -0.2) is 23.4 Å². The van der Waals surface area contributed by atoms with Crippen LogP contribution in [0.2, 0.25) is 0 Å². The number of hydrogen-bond acceptors (Lipinski definition) is 2. The van der Waals surface area contributed by atoms with Crippen LogP contribution in [0, 0.1) is 13.8 Å². The second-order valence-electron chi connectivity index (χ2n) is 4.98. The Morgan fingerprint density at radius 3 is 2.63 bits per heavy atom. The maximum absolute atomic E-state index is 12.1. The predicted octanol–water partition coefficient (Wildman–Crippen LogP) is 1.76. The number of likely N-dealkylation sites (N-methyl/N-ethyl adjacent to an activating group) is 1. The fourth-order valence-corrected chi connectivity index (χ4v) is 2.21. The molecule has 0 bridgehead atoms. The van der Waals surface area contributed by atoms with Gasteiger partial charge in [-0.3, -0.25) is 14.6 Å². The van der Waals surface area contributed by atoms with Gasteiger partial charge in [0.05, 0.1) is 5.69 Å². The van der Waals surface area contributed by atoms with E-state index >= 15 is 0 Å². The van der Waals surface area contributed by atoms with E-state index in [1.165, 1.54) is 11.1 Å². The summed E-state index contributed by atoms with van der Waals surface area (Å²) in [5, 5.41) is 6.25. The molecule has 102 valence electrons. The summed E-state index contributed by atoms with van der Waals surface area (Å²) in [6, 6.07) is 6.29. The molecule has 0 aliphatic heterocycles. The fourth-order valence-electron chi connectivity index (χ4n) is 2.21. The number of nitrogens with zero attached hydrogens (tertiary/aromatic N) is 1. The summed E-state index contributed by atoms with van der Waals surface area (Å²) in [7, 11) is 3.66. The van der Waals surface area contributed by atoms with Crippen molar-refractivity contribution in [3.63, 3.8) is 0 Å². The molecule has 2 aromatic rings. The number of rotatable bonds is 4. The van der Waals surface area contributed by atoms with Gasteiger partial charge in [-0.1, -0.05) is 12.1 Å². The molecule has 4 nitrogen and oxygen atoms in total. The van der Waals surface area contributed by atoms with E-state index in [0.29, 0.717) is 0 Å². The third-order valence-electron chi connectivity index (χ3n) is 3.56. The normalized spacial score (nSPS) is 10.9. The van der Waals surface area contributed by atoms with Crippen molar-refractivity contribution < 1.29 is 0 Å². The van der Waals surface area contributed by atoms with Crippen LogP contribution in [-0.2, 0) is 13.5 Å². The highest BCUT2D eigenvalue weighted by atomic mass is 16.1. The number of aromatic amines is 1. The van der Waals surface area contributed by atoms with E-state index in [9.17, 15) is 4.79 Å². The van der Waals surface area contributed by atoms with Crippen molar-refractivity contribution >= 4 is 0 Å². The van der Waals surface area contributed by atoms with E-state index in [0.717, 1.165) is 29.8 Å². The Labute approximate surface area is 113 Å². The molecular formula is C15H21N3O. The molecular weight excluding hydrogens is 238 g/mol. The van der Waals surface area contributed by atoms with Gasteiger partial charge in [-0.15, -0.1) is 0 Å². The molecule has 0 atom stereocenters. The van der Waals surface area contributed by atoms with Crippen molar-refractivity contribution in [2.45, 2.75) is 20.3 Å². The zero-order valence-electron chi connectivity index (χ0n) is 12.0. The number of nitrogens with one attached hydrogen (secondary N) is 2. The van der Waals surface area contributed by atoms with E-state index in [-0.39, 0.29) is 5.56 Å². The smallest absolute Gasteiger partial charge is 0.270 e. The highest BCUT2D eigenvalue weighted by Crippen LogP contribution is 2.22. The van der Waals surface area contributed by atoms with Gasteiger partial charge in [0.1, 0.15) is 0 Å².